The van der Waals surface area contributed by atoms with Crippen molar-refractivity contribution in [3.05, 3.63) is 46.7 Å². The first-order valence-electron chi connectivity index (χ1n) is 8.51. The molecule has 27 heavy (non-hydrogen) atoms. The molecule has 0 saturated carbocycles. The summed E-state index contributed by atoms with van der Waals surface area (Å²) in [4.78, 5) is 38.4. The number of nitrogens with one attached hydrogen (secondary N) is 1. The molecular weight excluding hydrogens is 368 g/mol. The van der Waals surface area contributed by atoms with E-state index in [1.165, 1.54) is 22.6 Å². The summed E-state index contributed by atoms with van der Waals surface area (Å²) in [5.41, 5.74) is 0.855. The van der Waals surface area contributed by atoms with Gasteiger partial charge in [0.2, 0.25) is 10.9 Å². The van der Waals surface area contributed by atoms with Gasteiger partial charge in [-0.25, -0.2) is 0 Å². The molecule has 1 aliphatic rings. The highest BCUT2D eigenvalue weighted by molar-refractivity contribution is 7.16. The minimum Gasteiger partial charge on any atom is -0.356 e. The first-order chi connectivity index (χ1) is 13.1. The Balaban J connectivity index is 1.20. The SMILES string of the molecule is O=C(CCCN1C(=O)c2ccccc2C1=O)NCCc1nn2cnnc2s1. The molecule has 0 radical (unpaired) electrons. The number of rotatable bonds is 7. The number of aromatic nitrogens is 4. The molecule has 0 unspecified atom stereocenters. The van der Waals surface area contributed by atoms with Crippen LogP contribution in [0.4, 0.5) is 0 Å². The maximum absolute atomic E-state index is 12.3. The van der Waals surface area contributed by atoms with Crippen LogP contribution < -0.4 is 5.32 Å². The molecule has 0 aliphatic carbocycles. The van der Waals surface area contributed by atoms with Gasteiger partial charge in [0, 0.05) is 25.9 Å². The fourth-order valence-corrected chi connectivity index (χ4v) is 3.75. The number of fused-ring (bicyclic) bond motifs is 2. The number of carbonyl (C=O) groups is 3. The average molecular weight is 384 g/mol. The fourth-order valence-electron chi connectivity index (χ4n) is 2.94. The Morgan fingerprint density at radius 2 is 1.89 bits per heavy atom. The van der Waals surface area contributed by atoms with Crippen LogP contribution in [0.25, 0.3) is 4.96 Å². The van der Waals surface area contributed by atoms with Crippen LogP contribution in [0.2, 0.25) is 0 Å². The van der Waals surface area contributed by atoms with E-state index in [9.17, 15) is 14.4 Å². The van der Waals surface area contributed by atoms with Crippen molar-refractivity contribution < 1.29 is 14.4 Å². The van der Waals surface area contributed by atoms with E-state index in [4.69, 9.17) is 0 Å². The van der Waals surface area contributed by atoms with Gasteiger partial charge in [0.25, 0.3) is 11.8 Å². The maximum atomic E-state index is 12.3. The molecule has 0 spiro atoms. The lowest BCUT2D eigenvalue weighted by atomic mass is 10.1. The van der Waals surface area contributed by atoms with Gasteiger partial charge >= 0.3 is 0 Å². The molecule has 1 N–H and O–H groups in total. The van der Waals surface area contributed by atoms with Gasteiger partial charge in [0.15, 0.2) is 0 Å². The van der Waals surface area contributed by atoms with Crippen molar-refractivity contribution in [3.8, 4) is 0 Å². The summed E-state index contributed by atoms with van der Waals surface area (Å²) in [6.45, 7) is 0.701. The number of nitrogens with zero attached hydrogens (tertiary/aromatic N) is 5. The quantitative estimate of drug-likeness (QED) is 0.607. The Bertz CT molecular complexity index is 963. The Hall–Kier alpha value is -3.14. The molecular formula is C17H16N6O3S. The normalized spacial score (nSPS) is 13.4. The Morgan fingerprint density at radius 3 is 2.59 bits per heavy atom. The molecule has 138 valence electrons. The molecule has 3 heterocycles. The number of imide groups is 1. The molecule has 2 aromatic heterocycles. The molecule has 1 aromatic carbocycles. The van der Waals surface area contributed by atoms with Crippen molar-refractivity contribution >= 4 is 34.0 Å². The van der Waals surface area contributed by atoms with Crippen LogP contribution in [0, 0.1) is 0 Å². The minimum atomic E-state index is -0.292. The van der Waals surface area contributed by atoms with E-state index in [0.29, 0.717) is 30.5 Å². The third-order valence-electron chi connectivity index (χ3n) is 4.25. The number of amides is 3. The first-order valence-corrected chi connectivity index (χ1v) is 9.33. The van der Waals surface area contributed by atoms with Crippen molar-refractivity contribution in [2.24, 2.45) is 0 Å². The molecule has 1 aliphatic heterocycles. The zero-order valence-electron chi connectivity index (χ0n) is 14.3. The molecule has 3 aromatic rings. The second-order valence-electron chi connectivity index (χ2n) is 6.06. The topological polar surface area (TPSA) is 110 Å². The molecule has 9 nitrogen and oxygen atoms in total. The zero-order valence-corrected chi connectivity index (χ0v) is 15.1. The van der Waals surface area contributed by atoms with Gasteiger partial charge < -0.3 is 5.32 Å². The van der Waals surface area contributed by atoms with Gasteiger partial charge in [-0.15, -0.1) is 10.2 Å². The van der Waals surface area contributed by atoms with Gasteiger partial charge in [-0.3, -0.25) is 19.3 Å². The zero-order chi connectivity index (χ0) is 18.8. The van der Waals surface area contributed by atoms with Crippen molar-refractivity contribution in [2.45, 2.75) is 19.3 Å². The highest BCUT2D eigenvalue weighted by atomic mass is 32.1. The third-order valence-corrected chi connectivity index (χ3v) is 5.23. The number of carbonyl (C=O) groups excluding carboxylic acids is 3. The third kappa shape index (κ3) is 3.43. The van der Waals surface area contributed by atoms with Crippen LogP contribution in [0.15, 0.2) is 30.6 Å². The summed E-state index contributed by atoms with van der Waals surface area (Å²) < 4.78 is 1.60. The minimum absolute atomic E-state index is 0.116. The second kappa shape index (κ2) is 7.23. The maximum Gasteiger partial charge on any atom is 0.261 e. The summed E-state index contributed by atoms with van der Waals surface area (Å²) in [7, 11) is 0. The smallest absolute Gasteiger partial charge is 0.261 e. The van der Waals surface area contributed by atoms with E-state index in [1.54, 1.807) is 28.8 Å². The van der Waals surface area contributed by atoms with Crippen molar-refractivity contribution in [1.29, 1.82) is 0 Å². The number of hydrogen-bond donors (Lipinski definition) is 1. The fraction of sp³-hybridized carbons (Fsp3) is 0.294. The van der Waals surface area contributed by atoms with E-state index < -0.39 is 0 Å². The van der Waals surface area contributed by atoms with Crippen LogP contribution in [-0.2, 0) is 11.2 Å². The molecule has 0 saturated heterocycles. The summed E-state index contributed by atoms with van der Waals surface area (Å²) in [6.07, 6.45) is 2.82. The first kappa shape index (κ1) is 17.3. The monoisotopic (exact) mass is 384 g/mol. The van der Waals surface area contributed by atoms with E-state index in [2.05, 4.69) is 20.6 Å². The van der Waals surface area contributed by atoms with Crippen LogP contribution in [0.1, 0.15) is 38.6 Å². The van der Waals surface area contributed by atoms with E-state index >= 15 is 0 Å². The highest BCUT2D eigenvalue weighted by Crippen LogP contribution is 2.22. The summed E-state index contributed by atoms with van der Waals surface area (Å²) in [5, 5.41) is 15.6. The van der Waals surface area contributed by atoms with Crippen LogP contribution >= 0.6 is 11.3 Å². The molecule has 4 rings (SSSR count). The van der Waals surface area contributed by atoms with E-state index in [-0.39, 0.29) is 30.7 Å². The summed E-state index contributed by atoms with van der Waals surface area (Å²) >= 11 is 1.43. The molecule has 0 atom stereocenters. The summed E-state index contributed by atoms with van der Waals surface area (Å²) in [6, 6.07) is 6.76. The highest BCUT2D eigenvalue weighted by Gasteiger charge is 2.34. The van der Waals surface area contributed by atoms with Crippen molar-refractivity contribution in [2.75, 3.05) is 13.1 Å². The standard InChI is InChI=1S/C17H16N6O3S/c24-13(18-8-7-14-21-23-10-19-20-17(23)27-14)6-3-9-22-15(25)11-4-1-2-5-12(11)16(22)26/h1-2,4-5,10H,3,6-9H2,(H,18,24). The second-order valence-corrected chi connectivity index (χ2v) is 7.11. The van der Waals surface area contributed by atoms with Crippen LogP contribution in [0.5, 0.6) is 0 Å². The number of hydrogen-bond acceptors (Lipinski definition) is 7. The van der Waals surface area contributed by atoms with Crippen LogP contribution in [0.3, 0.4) is 0 Å². The average Bonchev–Trinajstić information content (AvgIpc) is 3.31. The van der Waals surface area contributed by atoms with Crippen molar-refractivity contribution in [3.63, 3.8) is 0 Å². The van der Waals surface area contributed by atoms with Gasteiger partial charge in [0.1, 0.15) is 11.3 Å². The van der Waals surface area contributed by atoms with Gasteiger partial charge in [-0.2, -0.15) is 9.61 Å². The lowest BCUT2D eigenvalue weighted by Gasteiger charge is -2.13. The van der Waals surface area contributed by atoms with Gasteiger partial charge in [0.05, 0.1) is 11.1 Å². The van der Waals surface area contributed by atoms with Crippen molar-refractivity contribution in [1.82, 2.24) is 30.0 Å². The predicted octanol–water partition coefficient (Wildman–Crippen LogP) is 0.921. The summed E-state index contributed by atoms with van der Waals surface area (Å²) in [5.74, 6) is -0.701. The van der Waals surface area contributed by atoms with E-state index in [0.717, 1.165) is 9.97 Å². The lowest BCUT2D eigenvalue weighted by molar-refractivity contribution is -0.121. The van der Waals surface area contributed by atoms with Crippen LogP contribution in [-0.4, -0.2) is 55.5 Å². The number of benzene rings is 1. The van der Waals surface area contributed by atoms with Gasteiger partial charge in [-0.05, 0) is 18.6 Å². The van der Waals surface area contributed by atoms with Gasteiger partial charge in [-0.1, -0.05) is 23.5 Å². The Labute approximate surface area is 158 Å². The van der Waals surface area contributed by atoms with E-state index in [1.807, 2.05) is 0 Å². The Morgan fingerprint density at radius 1 is 1.15 bits per heavy atom. The Kier molecular flexibility index (Phi) is 4.63. The predicted molar refractivity (Wildman–Crippen MR) is 96.4 cm³/mol. The molecule has 3 amide bonds. The molecule has 10 heteroatoms. The molecule has 0 bridgehead atoms. The largest absolute Gasteiger partial charge is 0.356 e. The lowest BCUT2D eigenvalue weighted by Crippen LogP contribution is -2.32. The molecule has 0 fully saturated rings.